The maximum atomic E-state index is 12.1. The summed E-state index contributed by atoms with van der Waals surface area (Å²) in [5.74, 6) is -0.0919. The number of nitrogens with one attached hydrogen (secondary N) is 2. The molecule has 118 valence electrons. The van der Waals surface area contributed by atoms with Crippen molar-refractivity contribution in [3.8, 4) is 0 Å². The fourth-order valence-electron chi connectivity index (χ4n) is 1.51. The average molecular weight is 334 g/mol. The first-order valence-corrected chi connectivity index (χ1v) is 8.37. The van der Waals surface area contributed by atoms with E-state index in [1.807, 2.05) is 13.8 Å². The lowest BCUT2D eigenvalue weighted by Gasteiger charge is -2.10. The molecule has 0 saturated carbocycles. The van der Waals surface area contributed by atoms with Crippen molar-refractivity contribution in [1.82, 2.24) is 10.0 Å². The second kappa shape index (κ2) is 7.74. The second-order valence-electron chi connectivity index (χ2n) is 4.99. The fraction of sp³-hybridized carbons (Fsp3) is 0.462. The lowest BCUT2D eigenvalue weighted by molar-refractivity contribution is -0.120. The van der Waals surface area contributed by atoms with Crippen LogP contribution in [0.15, 0.2) is 23.1 Å². The van der Waals surface area contributed by atoms with E-state index in [-0.39, 0.29) is 28.9 Å². The number of halogens is 1. The molecule has 21 heavy (non-hydrogen) atoms. The Bertz CT molecular complexity index is 603. The van der Waals surface area contributed by atoms with Crippen molar-refractivity contribution in [2.75, 3.05) is 13.1 Å². The number of benzene rings is 1. The van der Waals surface area contributed by atoms with Crippen molar-refractivity contribution in [1.29, 1.82) is 0 Å². The summed E-state index contributed by atoms with van der Waals surface area (Å²) in [6.07, 6.45) is 0. The van der Waals surface area contributed by atoms with E-state index in [9.17, 15) is 13.2 Å². The molecule has 0 bridgehead atoms. The molecule has 1 aromatic rings. The quantitative estimate of drug-likeness (QED) is 0.688. The molecule has 0 aliphatic rings. The molecule has 0 aliphatic heterocycles. The summed E-state index contributed by atoms with van der Waals surface area (Å²) >= 11 is 5.94. The smallest absolute Gasteiger partial charge is 0.242 e. The summed E-state index contributed by atoms with van der Waals surface area (Å²) in [4.78, 5) is 11.5. The van der Waals surface area contributed by atoms with Crippen LogP contribution in [0.4, 0.5) is 0 Å². The van der Waals surface area contributed by atoms with Crippen LogP contribution in [0.5, 0.6) is 0 Å². The second-order valence-corrected chi connectivity index (χ2v) is 7.13. The van der Waals surface area contributed by atoms with Crippen LogP contribution in [0.3, 0.4) is 0 Å². The van der Waals surface area contributed by atoms with Gasteiger partial charge in [0, 0.05) is 13.1 Å². The molecule has 0 aromatic heterocycles. The van der Waals surface area contributed by atoms with Crippen LogP contribution in [-0.4, -0.2) is 27.4 Å². The van der Waals surface area contributed by atoms with Crippen LogP contribution in [0, 0.1) is 5.92 Å². The number of carbonyl (C=O) groups is 1. The van der Waals surface area contributed by atoms with E-state index in [4.69, 9.17) is 17.3 Å². The van der Waals surface area contributed by atoms with Gasteiger partial charge in [-0.3, -0.25) is 4.79 Å². The molecule has 0 heterocycles. The van der Waals surface area contributed by atoms with Crippen molar-refractivity contribution < 1.29 is 13.2 Å². The highest BCUT2D eigenvalue weighted by atomic mass is 35.5. The van der Waals surface area contributed by atoms with Crippen LogP contribution in [0.1, 0.15) is 19.4 Å². The molecule has 4 N–H and O–H groups in total. The SMILES string of the molecule is CC(C)CNC(=O)CNS(=O)(=O)c1ccc(CN)cc1Cl. The van der Waals surface area contributed by atoms with Crippen LogP contribution in [0.2, 0.25) is 5.02 Å². The largest absolute Gasteiger partial charge is 0.355 e. The summed E-state index contributed by atoms with van der Waals surface area (Å²) in [5.41, 5.74) is 6.19. The normalized spacial score (nSPS) is 11.7. The Morgan fingerprint density at radius 1 is 1.38 bits per heavy atom. The lowest BCUT2D eigenvalue weighted by atomic mass is 10.2. The summed E-state index contributed by atoms with van der Waals surface area (Å²) < 4.78 is 26.4. The zero-order chi connectivity index (χ0) is 16.0. The van der Waals surface area contributed by atoms with E-state index < -0.39 is 10.0 Å². The Morgan fingerprint density at radius 2 is 2.05 bits per heavy atom. The number of amides is 1. The van der Waals surface area contributed by atoms with Crippen LogP contribution < -0.4 is 15.8 Å². The van der Waals surface area contributed by atoms with Gasteiger partial charge in [0.15, 0.2) is 0 Å². The third-order valence-corrected chi connectivity index (χ3v) is 4.54. The van der Waals surface area contributed by atoms with E-state index in [2.05, 4.69) is 10.0 Å². The summed E-state index contributed by atoms with van der Waals surface area (Å²) in [6.45, 7) is 4.33. The number of hydrogen-bond acceptors (Lipinski definition) is 4. The summed E-state index contributed by atoms with van der Waals surface area (Å²) in [6, 6.07) is 4.45. The van der Waals surface area contributed by atoms with Crippen molar-refractivity contribution in [2.24, 2.45) is 11.7 Å². The minimum Gasteiger partial charge on any atom is -0.355 e. The van der Waals surface area contributed by atoms with Crippen LogP contribution in [-0.2, 0) is 21.4 Å². The van der Waals surface area contributed by atoms with Crippen molar-refractivity contribution in [3.05, 3.63) is 28.8 Å². The van der Waals surface area contributed by atoms with Crippen molar-refractivity contribution in [3.63, 3.8) is 0 Å². The van der Waals surface area contributed by atoms with Gasteiger partial charge in [0.05, 0.1) is 11.6 Å². The predicted octanol–water partition coefficient (Wildman–Crippen LogP) is 0.849. The Balaban J connectivity index is 2.72. The van der Waals surface area contributed by atoms with Gasteiger partial charge < -0.3 is 11.1 Å². The van der Waals surface area contributed by atoms with Crippen LogP contribution >= 0.6 is 11.6 Å². The Labute approximate surface area is 130 Å². The Morgan fingerprint density at radius 3 is 2.57 bits per heavy atom. The molecule has 0 atom stereocenters. The van der Waals surface area contributed by atoms with Crippen molar-refractivity contribution in [2.45, 2.75) is 25.3 Å². The predicted molar refractivity (Wildman–Crippen MR) is 82.4 cm³/mol. The third-order valence-electron chi connectivity index (χ3n) is 2.65. The van der Waals surface area contributed by atoms with Crippen molar-refractivity contribution >= 4 is 27.5 Å². The van der Waals surface area contributed by atoms with E-state index in [1.54, 1.807) is 6.07 Å². The molecule has 8 heteroatoms. The van der Waals surface area contributed by atoms with Gasteiger partial charge in [-0.25, -0.2) is 13.1 Å². The van der Waals surface area contributed by atoms with Gasteiger partial charge in [-0.2, -0.15) is 0 Å². The molecule has 1 aromatic carbocycles. The molecule has 0 fully saturated rings. The molecular formula is C13H20ClN3O3S. The number of rotatable bonds is 7. The first-order chi connectivity index (χ1) is 9.76. The van der Waals surface area contributed by atoms with E-state index in [1.165, 1.54) is 12.1 Å². The lowest BCUT2D eigenvalue weighted by Crippen LogP contribution is -2.38. The molecule has 1 rings (SSSR count). The highest BCUT2D eigenvalue weighted by Crippen LogP contribution is 2.22. The topological polar surface area (TPSA) is 101 Å². The van der Waals surface area contributed by atoms with E-state index in [0.29, 0.717) is 12.5 Å². The first kappa shape index (κ1) is 17.9. The maximum absolute atomic E-state index is 12.1. The fourth-order valence-corrected chi connectivity index (χ4v) is 3.06. The molecule has 0 spiro atoms. The summed E-state index contributed by atoms with van der Waals surface area (Å²) in [5, 5.41) is 2.70. The molecular weight excluding hydrogens is 314 g/mol. The molecule has 0 radical (unpaired) electrons. The van der Waals surface area contributed by atoms with Gasteiger partial charge in [0.25, 0.3) is 0 Å². The van der Waals surface area contributed by atoms with Gasteiger partial charge in [-0.1, -0.05) is 31.5 Å². The molecule has 0 unspecified atom stereocenters. The number of hydrogen-bond donors (Lipinski definition) is 3. The Hall–Kier alpha value is -1.15. The van der Waals surface area contributed by atoms with Crippen LogP contribution in [0.25, 0.3) is 0 Å². The molecule has 0 aliphatic carbocycles. The zero-order valence-electron chi connectivity index (χ0n) is 12.0. The monoisotopic (exact) mass is 333 g/mol. The number of carbonyl (C=O) groups excluding carboxylic acids is 1. The molecule has 1 amide bonds. The highest BCUT2D eigenvalue weighted by Gasteiger charge is 2.19. The number of nitrogens with two attached hydrogens (primary N) is 1. The number of sulfonamides is 1. The standard InChI is InChI=1S/C13H20ClN3O3S/c1-9(2)7-16-13(18)8-17-21(19,20)12-4-3-10(6-15)5-11(12)14/h3-5,9,17H,6-8,15H2,1-2H3,(H,16,18). The van der Waals surface area contributed by atoms with Gasteiger partial charge in [0.1, 0.15) is 4.90 Å². The van der Waals surface area contributed by atoms with Gasteiger partial charge >= 0.3 is 0 Å². The van der Waals surface area contributed by atoms with Gasteiger partial charge in [-0.15, -0.1) is 0 Å². The minimum absolute atomic E-state index is 0.0713. The highest BCUT2D eigenvalue weighted by molar-refractivity contribution is 7.89. The third kappa shape index (κ3) is 5.62. The Kier molecular flexibility index (Phi) is 6.60. The van der Waals surface area contributed by atoms with E-state index in [0.717, 1.165) is 5.56 Å². The minimum atomic E-state index is -3.83. The van der Waals surface area contributed by atoms with Gasteiger partial charge in [0.2, 0.25) is 15.9 Å². The maximum Gasteiger partial charge on any atom is 0.242 e. The average Bonchev–Trinajstić information content (AvgIpc) is 2.42. The zero-order valence-corrected chi connectivity index (χ0v) is 13.6. The molecule has 6 nitrogen and oxygen atoms in total. The first-order valence-electron chi connectivity index (χ1n) is 6.51. The summed E-state index contributed by atoms with van der Waals surface area (Å²) in [7, 11) is -3.83. The van der Waals surface area contributed by atoms with Gasteiger partial charge in [-0.05, 0) is 23.6 Å². The molecule has 0 saturated heterocycles. The van der Waals surface area contributed by atoms with E-state index >= 15 is 0 Å².